The van der Waals surface area contributed by atoms with E-state index in [-0.39, 0.29) is 23.3 Å². The highest BCUT2D eigenvalue weighted by molar-refractivity contribution is 6.26. The predicted molar refractivity (Wildman–Crippen MR) is 104 cm³/mol. The van der Waals surface area contributed by atoms with E-state index in [1.165, 1.54) is 0 Å². The van der Waals surface area contributed by atoms with Gasteiger partial charge in [-0.2, -0.15) is 0 Å². The quantitative estimate of drug-likeness (QED) is 0.444. The Bertz CT molecular complexity index is 1000. The molecule has 9 heteroatoms. The number of rotatable bonds is 5. The number of carbonyl (C=O) groups is 2. The van der Waals surface area contributed by atoms with Crippen molar-refractivity contribution in [2.45, 2.75) is 20.0 Å². The maximum atomic E-state index is 13.0. The Balaban J connectivity index is 1.65. The highest BCUT2D eigenvalue weighted by Gasteiger charge is 2.38. The summed E-state index contributed by atoms with van der Waals surface area (Å²) in [5, 5.41) is 2.69. The molecule has 1 fully saturated rings. The first-order valence-electron chi connectivity index (χ1n) is 9.44. The van der Waals surface area contributed by atoms with Crippen molar-refractivity contribution in [1.82, 2.24) is 20.4 Å². The lowest BCUT2D eigenvalue weighted by atomic mass is 10.1. The zero-order chi connectivity index (χ0) is 20.4. The van der Waals surface area contributed by atoms with E-state index in [4.69, 9.17) is 14.2 Å². The lowest BCUT2D eigenvalue weighted by molar-refractivity contribution is -0.143. The number of esters is 1. The van der Waals surface area contributed by atoms with Crippen molar-refractivity contribution in [1.29, 1.82) is 0 Å². The Labute approximate surface area is 167 Å². The Morgan fingerprint density at radius 1 is 1.38 bits per heavy atom. The molecule has 2 N–H and O–H groups in total. The largest absolute Gasteiger partial charge is 0.459 e. The zero-order valence-corrected chi connectivity index (χ0v) is 16.2. The first kappa shape index (κ1) is 19.2. The number of aromatic amines is 1. The molecule has 9 nitrogen and oxygen atoms in total. The van der Waals surface area contributed by atoms with Gasteiger partial charge in [0.25, 0.3) is 0 Å². The van der Waals surface area contributed by atoms with Gasteiger partial charge in [-0.15, -0.1) is 0 Å². The summed E-state index contributed by atoms with van der Waals surface area (Å²) in [5.74, 6) is -1.12. The van der Waals surface area contributed by atoms with Crippen molar-refractivity contribution in [3.63, 3.8) is 0 Å². The normalized spacial score (nSPS) is 19.3. The molecule has 4 heterocycles. The second-order valence-electron chi connectivity index (χ2n) is 6.95. The number of Topliss-reactive ketones (excluding diaryl/α,β-unsaturated/α-hetero) is 1. The van der Waals surface area contributed by atoms with Crippen LogP contribution in [0.4, 0.5) is 0 Å². The van der Waals surface area contributed by atoms with Crippen LogP contribution in [0.25, 0.3) is 17.1 Å². The summed E-state index contributed by atoms with van der Waals surface area (Å²) in [7, 11) is 0. The summed E-state index contributed by atoms with van der Waals surface area (Å²) in [6.07, 6.45) is 4.65. The standard InChI is InChI=1S/C20H22N4O5/c1-12(2)28-20(26)16-17(25)15(29-19(16)23-24-6-8-27-9-7-24)10-13-11-22-18-14(13)4-3-5-21-18/h3-5,10-12,23H,6-9H2,1-2H3,(H,21,22)/b15-10-. The number of aromatic nitrogens is 2. The van der Waals surface area contributed by atoms with E-state index in [1.807, 2.05) is 17.1 Å². The van der Waals surface area contributed by atoms with Crippen molar-refractivity contribution >= 4 is 28.9 Å². The Morgan fingerprint density at radius 3 is 2.93 bits per heavy atom. The first-order valence-corrected chi connectivity index (χ1v) is 9.44. The van der Waals surface area contributed by atoms with Crippen LogP contribution in [0.1, 0.15) is 19.4 Å². The summed E-state index contributed by atoms with van der Waals surface area (Å²) in [5.41, 5.74) is 4.32. The van der Waals surface area contributed by atoms with Gasteiger partial charge in [-0.05, 0) is 32.1 Å². The fourth-order valence-corrected chi connectivity index (χ4v) is 3.12. The number of morpholine rings is 1. The third kappa shape index (κ3) is 4.01. The van der Waals surface area contributed by atoms with Crippen LogP contribution in [0.2, 0.25) is 0 Å². The molecule has 0 atom stereocenters. The van der Waals surface area contributed by atoms with E-state index in [0.29, 0.717) is 32.0 Å². The van der Waals surface area contributed by atoms with Crippen LogP contribution in [-0.2, 0) is 23.8 Å². The van der Waals surface area contributed by atoms with Gasteiger partial charge in [0.15, 0.2) is 11.3 Å². The maximum absolute atomic E-state index is 13.0. The predicted octanol–water partition coefficient (Wildman–Crippen LogP) is 1.50. The number of hydrazine groups is 1. The van der Waals surface area contributed by atoms with Crippen molar-refractivity contribution in [2.75, 3.05) is 26.3 Å². The number of ketones is 1. The maximum Gasteiger partial charge on any atom is 0.348 e. The van der Waals surface area contributed by atoms with E-state index < -0.39 is 11.8 Å². The van der Waals surface area contributed by atoms with Crippen LogP contribution < -0.4 is 5.43 Å². The van der Waals surface area contributed by atoms with E-state index in [9.17, 15) is 9.59 Å². The summed E-state index contributed by atoms with van der Waals surface area (Å²) in [4.78, 5) is 32.8. The van der Waals surface area contributed by atoms with E-state index in [0.717, 1.165) is 10.9 Å². The number of nitrogens with one attached hydrogen (secondary N) is 2. The molecule has 0 radical (unpaired) electrons. The molecule has 29 heavy (non-hydrogen) atoms. The molecule has 0 aromatic carbocycles. The van der Waals surface area contributed by atoms with Gasteiger partial charge in [-0.25, -0.2) is 14.8 Å². The first-order chi connectivity index (χ1) is 14.0. The number of allylic oxidation sites excluding steroid dienone is 1. The minimum absolute atomic E-state index is 0.0428. The molecule has 0 amide bonds. The number of ether oxygens (including phenoxy) is 3. The van der Waals surface area contributed by atoms with Crippen LogP contribution in [-0.4, -0.2) is 59.1 Å². The van der Waals surface area contributed by atoms with Crippen LogP contribution in [0.3, 0.4) is 0 Å². The monoisotopic (exact) mass is 398 g/mol. The second-order valence-corrected chi connectivity index (χ2v) is 6.95. The highest BCUT2D eigenvalue weighted by Crippen LogP contribution is 2.28. The van der Waals surface area contributed by atoms with Gasteiger partial charge in [0.1, 0.15) is 5.65 Å². The van der Waals surface area contributed by atoms with Crippen LogP contribution in [0, 0.1) is 0 Å². The molecule has 2 aromatic heterocycles. The Kier molecular flexibility index (Phi) is 5.32. The number of carbonyl (C=O) groups excluding carboxylic acids is 2. The molecule has 0 spiro atoms. The summed E-state index contributed by atoms with van der Waals surface area (Å²) >= 11 is 0. The average molecular weight is 398 g/mol. The molecule has 0 bridgehead atoms. The molecular formula is C20H22N4O5. The summed E-state index contributed by atoms with van der Waals surface area (Å²) in [6.45, 7) is 5.74. The van der Waals surface area contributed by atoms with Crippen LogP contribution >= 0.6 is 0 Å². The number of hydrogen-bond acceptors (Lipinski definition) is 8. The lowest BCUT2D eigenvalue weighted by Gasteiger charge is -2.27. The lowest BCUT2D eigenvalue weighted by Crippen LogP contribution is -2.45. The number of hydrogen-bond donors (Lipinski definition) is 2. The third-order valence-corrected chi connectivity index (χ3v) is 4.48. The van der Waals surface area contributed by atoms with E-state index >= 15 is 0 Å². The van der Waals surface area contributed by atoms with Crippen molar-refractivity contribution in [3.05, 3.63) is 47.3 Å². The van der Waals surface area contributed by atoms with E-state index in [2.05, 4.69) is 15.4 Å². The zero-order valence-electron chi connectivity index (χ0n) is 16.2. The SMILES string of the molecule is CC(C)OC(=O)C1=C(NN2CCOCC2)O/C(=C\c2c[nH]c3ncccc23)C1=O. The topological polar surface area (TPSA) is 106 Å². The van der Waals surface area contributed by atoms with Crippen molar-refractivity contribution < 1.29 is 23.8 Å². The number of nitrogens with zero attached hydrogens (tertiary/aromatic N) is 2. The van der Waals surface area contributed by atoms with Gasteiger partial charge in [0, 0.05) is 36.4 Å². The van der Waals surface area contributed by atoms with Gasteiger partial charge >= 0.3 is 5.97 Å². The Morgan fingerprint density at radius 2 is 2.17 bits per heavy atom. The summed E-state index contributed by atoms with van der Waals surface area (Å²) in [6, 6.07) is 3.70. The third-order valence-electron chi connectivity index (χ3n) is 4.48. The fraction of sp³-hybridized carbons (Fsp3) is 0.350. The van der Waals surface area contributed by atoms with Gasteiger partial charge in [-0.3, -0.25) is 10.2 Å². The minimum Gasteiger partial charge on any atom is -0.459 e. The molecule has 4 rings (SSSR count). The molecule has 0 saturated carbocycles. The number of pyridine rings is 1. The fourth-order valence-electron chi connectivity index (χ4n) is 3.12. The van der Waals surface area contributed by atoms with Gasteiger partial charge in [-0.1, -0.05) is 0 Å². The van der Waals surface area contributed by atoms with E-state index in [1.54, 1.807) is 32.3 Å². The molecule has 2 aromatic rings. The molecule has 0 unspecified atom stereocenters. The molecule has 2 aliphatic rings. The van der Waals surface area contributed by atoms with Gasteiger partial charge < -0.3 is 19.2 Å². The molecule has 152 valence electrons. The smallest absolute Gasteiger partial charge is 0.348 e. The number of H-pyrrole nitrogens is 1. The molecule has 0 aliphatic carbocycles. The van der Waals surface area contributed by atoms with Crippen molar-refractivity contribution in [3.8, 4) is 0 Å². The number of fused-ring (bicyclic) bond motifs is 1. The van der Waals surface area contributed by atoms with Gasteiger partial charge in [0.05, 0.1) is 19.3 Å². The van der Waals surface area contributed by atoms with Crippen LogP contribution in [0.5, 0.6) is 0 Å². The molecule has 2 aliphatic heterocycles. The minimum atomic E-state index is -0.718. The molecular weight excluding hydrogens is 376 g/mol. The molecule has 1 saturated heterocycles. The second kappa shape index (κ2) is 8.06. The summed E-state index contributed by atoms with van der Waals surface area (Å²) < 4.78 is 16.4. The highest BCUT2D eigenvalue weighted by atomic mass is 16.6. The van der Waals surface area contributed by atoms with Crippen molar-refractivity contribution in [2.24, 2.45) is 0 Å². The van der Waals surface area contributed by atoms with Gasteiger partial charge in [0.2, 0.25) is 11.7 Å². The Hall–Kier alpha value is -3.17. The average Bonchev–Trinajstić information content (AvgIpc) is 3.24. The van der Waals surface area contributed by atoms with Crippen LogP contribution in [0.15, 0.2) is 41.7 Å².